The first-order valence-corrected chi connectivity index (χ1v) is 6.68. The molecule has 0 spiro atoms. The van der Waals surface area contributed by atoms with Gasteiger partial charge in [0, 0.05) is 5.69 Å². The van der Waals surface area contributed by atoms with Gasteiger partial charge in [0.25, 0.3) is 0 Å². The number of rotatable bonds is 3. The maximum Gasteiger partial charge on any atom is 0.0314 e. The molecule has 0 atom stereocenters. The summed E-state index contributed by atoms with van der Waals surface area (Å²) in [5, 5.41) is 0. The van der Waals surface area contributed by atoms with Gasteiger partial charge in [-0.25, -0.2) is 0 Å². The number of anilines is 1. The van der Waals surface area contributed by atoms with E-state index in [9.17, 15) is 0 Å². The van der Waals surface area contributed by atoms with Crippen LogP contribution < -0.4 is 5.73 Å². The molecule has 2 rings (SSSR count). The lowest BCUT2D eigenvalue weighted by Crippen LogP contribution is -1.83. The first-order chi connectivity index (χ1) is 9.13. The van der Waals surface area contributed by atoms with Crippen LogP contribution in [0.5, 0.6) is 0 Å². The number of aryl methyl sites for hydroxylation is 1. The van der Waals surface area contributed by atoms with Crippen molar-refractivity contribution in [2.75, 3.05) is 5.73 Å². The van der Waals surface area contributed by atoms with Crippen molar-refractivity contribution in [1.82, 2.24) is 0 Å². The monoisotopic (exact) mass is 253 g/mol. The van der Waals surface area contributed by atoms with E-state index in [4.69, 9.17) is 5.73 Å². The van der Waals surface area contributed by atoms with E-state index >= 15 is 0 Å². The van der Waals surface area contributed by atoms with E-state index in [-0.39, 0.29) is 0 Å². The average Bonchev–Trinajstić information content (AvgIpc) is 2.41. The van der Waals surface area contributed by atoms with Crippen LogP contribution in [0.15, 0.2) is 61.2 Å². The third-order valence-corrected chi connectivity index (χ3v) is 2.78. The van der Waals surface area contributed by atoms with Crippen LogP contribution in [0.1, 0.15) is 31.4 Å². The minimum absolute atomic E-state index is 0.796. The van der Waals surface area contributed by atoms with Crippen molar-refractivity contribution in [3.8, 4) is 0 Å². The topological polar surface area (TPSA) is 26.0 Å². The third-order valence-electron chi connectivity index (χ3n) is 2.78. The SMILES string of the molecule is C=C(C)c1ccc(N)cc1.CCCc1ccccc1. The van der Waals surface area contributed by atoms with E-state index in [1.807, 2.05) is 31.2 Å². The fraction of sp³-hybridized carbons (Fsp3) is 0.222. The van der Waals surface area contributed by atoms with Crippen LogP contribution in [0.25, 0.3) is 5.57 Å². The molecular weight excluding hydrogens is 230 g/mol. The number of nitrogen functional groups attached to an aromatic ring is 1. The van der Waals surface area contributed by atoms with Crippen molar-refractivity contribution in [1.29, 1.82) is 0 Å². The van der Waals surface area contributed by atoms with Gasteiger partial charge in [0.05, 0.1) is 0 Å². The standard InChI is InChI=1S/C9H11N.C9H12/c1-7(2)8-3-5-9(10)6-4-8;1-2-6-9-7-4-3-5-8-9/h3-6H,1,10H2,2H3;3-5,7-8H,2,6H2,1H3. The summed E-state index contributed by atoms with van der Waals surface area (Å²) in [5.74, 6) is 0. The average molecular weight is 253 g/mol. The quantitative estimate of drug-likeness (QED) is 0.770. The van der Waals surface area contributed by atoms with E-state index in [1.165, 1.54) is 18.4 Å². The van der Waals surface area contributed by atoms with Crippen molar-refractivity contribution >= 4 is 11.3 Å². The van der Waals surface area contributed by atoms with Crippen LogP contribution >= 0.6 is 0 Å². The molecule has 0 heterocycles. The second kappa shape index (κ2) is 8.15. The van der Waals surface area contributed by atoms with Gasteiger partial charge >= 0.3 is 0 Å². The van der Waals surface area contributed by atoms with Gasteiger partial charge in [0.15, 0.2) is 0 Å². The lowest BCUT2D eigenvalue weighted by molar-refractivity contribution is 0.922. The molecule has 1 heteroatoms. The van der Waals surface area contributed by atoms with Crippen LogP contribution in [0.4, 0.5) is 5.69 Å². The summed E-state index contributed by atoms with van der Waals surface area (Å²) < 4.78 is 0. The van der Waals surface area contributed by atoms with Gasteiger partial charge in [-0.3, -0.25) is 0 Å². The number of hydrogen-bond donors (Lipinski definition) is 1. The number of nitrogens with two attached hydrogens (primary N) is 1. The highest BCUT2D eigenvalue weighted by Crippen LogP contribution is 2.12. The smallest absolute Gasteiger partial charge is 0.0314 e. The minimum atomic E-state index is 0.796. The minimum Gasteiger partial charge on any atom is -0.399 e. The van der Waals surface area contributed by atoms with Gasteiger partial charge in [0.1, 0.15) is 0 Å². The first kappa shape index (κ1) is 15.0. The Kier molecular flexibility index (Phi) is 6.45. The van der Waals surface area contributed by atoms with Gasteiger partial charge in [-0.1, -0.05) is 68.0 Å². The summed E-state index contributed by atoms with van der Waals surface area (Å²) in [6.07, 6.45) is 2.45. The van der Waals surface area contributed by atoms with Crippen LogP contribution in [-0.4, -0.2) is 0 Å². The van der Waals surface area contributed by atoms with Crippen LogP contribution in [-0.2, 0) is 6.42 Å². The highest BCUT2D eigenvalue weighted by Gasteiger charge is 1.89. The Morgan fingerprint density at radius 2 is 1.58 bits per heavy atom. The summed E-state index contributed by atoms with van der Waals surface area (Å²) in [7, 11) is 0. The van der Waals surface area contributed by atoms with Crippen molar-refractivity contribution < 1.29 is 0 Å². The molecule has 100 valence electrons. The van der Waals surface area contributed by atoms with Crippen molar-refractivity contribution in [2.24, 2.45) is 0 Å². The Morgan fingerprint density at radius 1 is 1.00 bits per heavy atom. The molecule has 0 fully saturated rings. The summed E-state index contributed by atoms with van der Waals surface area (Å²) in [6, 6.07) is 18.3. The van der Waals surface area contributed by atoms with E-state index in [1.54, 1.807) is 0 Å². The maximum absolute atomic E-state index is 5.50. The number of hydrogen-bond acceptors (Lipinski definition) is 1. The molecule has 0 amide bonds. The van der Waals surface area contributed by atoms with E-state index < -0.39 is 0 Å². The Morgan fingerprint density at radius 3 is 2.05 bits per heavy atom. The Balaban J connectivity index is 0.000000191. The van der Waals surface area contributed by atoms with Gasteiger partial charge in [-0.15, -0.1) is 0 Å². The zero-order valence-electron chi connectivity index (χ0n) is 11.9. The molecule has 0 aliphatic rings. The molecule has 0 unspecified atom stereocenters. The molecular formula is C18H23N. The molecule has 0 saturated heterocycles. The molecule has 0 aliphatic carbocycles. The van der Waals surface area contributed by atoms with Crippen molar-refractivity contribution in [3.63, 3.8) is 0 Å². The summed E-state index contributed by atoms with van der Waals surface area (Å²) in [5.41, 5.74) is 9.95. The molecule has 1 nitrogen and oxygen atoms in total. The van der Waals surface area contributed by atoms with Gasteiger partial charge in [0.2, 0.25) is 0 Å². The lowest BCUT2D eigenvalue weighted by atomic mass is 10.1. The highest BCUT2D eigenvalue weighted by molar-refractivity contribution is 5.62. The number of allylic oxidation sites excluding steroid dienone is 1. The largest absolute Gasteiger partial charge is 0.399 e. The normalized spacial score (nSPS) is 9.37. The highest BCUT2D eigenvalue weighted by atomic mass is 14.5. The molecule has 0 saturated carbocycles. The summed E-state index contributed by atoms with van der Waals surface area (Å²) in [6.45, 7) is 7.99. The van der Waals surface area contributed by atoms with E-state index in [0.717, 1.165) is 16.8 Å². The lowest BCUT2D eigenvalue weighted by Gasteiger charge is -1.98. The molecule has 2 aromatic rings. The Bertz CT molecular complexity index is 483. The van der Waals surface area contributed by atoms with Crippen LogP contribution in [0.3, 0.4) is 0 Å². The Hall–Kier alpha value is -2.02. The van der Waals surface area contributed by atoms with E-state index in [0.29, 0.717) is 0 Å². The van der Waals surface area contributed by atoms with Crippen molar-refractivity contribution in [2.45, 2.75) is 26.7 Å². The van der Waals surface area contributed by atoms with E-state index in [2.05, 4.69) is 43.8 Å². The first-order valence-electron chi connectivity index (χ1n) is 6.68. The maximum atomic E-state index is 5.50. The van der Waals surface area contributed by atoms with Gasteiger partial charge < -0.3 is 5.73 Å². The molecule has 0 aliphatic heterocycles. The fourth-order valence-corrected chi connectivity index (χ4v) is 1.70. The number of benzene rings is 2. The second-order valence-corrected chi connectivity index (χ2v) is 4.64. The predicted octanol–water partition coefficient (Wildman–Crippen LogP) is 4.94. The molecule has 0 aromatic heterocycles. The van der Waals surface area contributed by atoms with Crippen LogP contribution in [0, 0.1) is 0 Å². The summed E-state index contributed by atoms with van der Waals surface area (Å²) in [4.78, 5) is 0. The molecule has 2 aromatic carbocycles. The van der Waals surface area contributed by atoms with Crippen molar-refractivity contribution in [3.05, 3.63) is 72.3 Å². The zero-order valence-corrected chi connectivity index (χ0v) is 11.9. The second-order valence-electron chi connectivity index (χ2n) is 4.64. The van der Waals surface area contributed by atoms with Crippen LogP contribution in [0.2, 0.25) is 0 Å². The molecule has 0 radical (unpaired) electrons. The van der Waals surface area contributed by atoms with Gasteiger partial charge in [-0.05, 0) is 36.6 Å². The van der Waals surface area contributed by atoms with Gasteiger partial charge in [-0.2, -0.15) is 0 Å². The third kappa shape index (κ3) is 5.91. The molecule has 2 N–H and O–H groups in total. The molecule has 19 heavy (non-hydrogen) atoms. The Labute approximate surface area is 116 Å². The zero-order chi connectivity index (χ0) is 14.1. The predicted molar refractivity (Wildman–Crippen MR) is 86.0 cm³/mol. The summed E-state index contributed by atoms with van der Waals surface area (Å²) >= 11 is 0. The fourth-order valence-electron chi connectivity index (χ4n) is 1.70. The molecule has 0 bridgehead atoms.